The quantitative estimate of drug-likeness (QED) is 0.917. The maximum Gasteiger partial charge on any atom is 0.311 e. The number of amides is 1. The fraction of sp³-hybridized carbons (Fsp3) is 0.312. The molecular weight excluding hydrogens is 268 g/mol. The van der Waals surface area contributed by atoms with Gasteiger partial charge in [0.15, 0.2) is 0 Å². The Morgan fingerprint density at radius 2 is 2.05 bits per heavy atom. The largest absolute Gasteiger partial charge is 0.481 e. The summed E-state index contributed by atoms with van der Waals surface area (Å²) in [5.74, 6) is -1.06. The Morgan fingerprint density at radius 1 is 1.29 bits per heavy atom. The molecule has 2 aromatic rings. The van der Waals surface area contributed by atoms with Crippen molar-refractivity contribution in [2.45, 2.75) is 13.3 Å². The van der Waals surface area contributed by atoms with Crippen LogP contribution in [0.2, 0.25) is 0 Å². The number of likely N-dealkylation sites (tertiary alicyclic amines) is 1. The first-order chi connectivity index (χ1) is 10.0. The van der Waals surface area contributed by atoms with Crippen LogP contribution < -0.4 is 0 Å². The van der Waals surface area contributed by atoms with Crippen LogP contribution in [0.5, 0.6) is 0 Å². The molecule has 0 bridgehead atoms. The number of fused-ring (bicyclic) bond motifs is 1. The third kappa shape index (κ3) is 2.24. The molecule has 0 radical (unpaired) electrons. The van der Waals surface area contributed by atoms with Gasteiger partial charge < -0.3 is 10.0 Å². The molecule has 3 rings (SSSR count). The summed E-state index contributed by atoms with van der Waals surface area (Å²) < 4.78 is 0. The van der Waals surface area contributed by atoms with Gasteiger partial charge >= 0.3 is 5.97 Å². The predicted octanol–water partition coefficient (Wildman–Crippen LogP) is 2.17. The van der Waals surface area contributed by atoms with Crippen molar-refractivity contribution in [3.63, 3.8) is 0 Å². The van der Waals surface area contributed by atoms with Crippen molar-refractivity contribution < 1.29 is 14.7 Å². The van der Waals surface area contributed by atoms with Crippen LogP contribution in [0.4, 0.5) is 0 Å². The highest BCUT2D eigenvalue weighted by Crippen LogP contribution is 2.31. The minimum absolute atomic E-state index is 0.197. The minimum Gasteiger partial charge on any atom is -0.481 e. The topological polar surface area (TPSA) is 70.5 Å². The summed E-state index contributed by atoms with van der Waals surface area (Å²) in [5, 5.41) is 11.0. The molecule has 108 valence electrons. The monoisotopic (exact) mass is 284 g/mol. The molecule has 1 fully saturated rings. The summed E-state index contributed by atoms with van der Waals surface area (Å²) in [5.41, 5.74) is -0.469. The average Bonchev–Trinajstić information content (AvgIpc) is 2.90. The van der Waals surface area contributed by atoms with Crippen LogP contribution in [0.25, 0.3) is 10.8 Å². The second kappa shape index (κ2) is 4.84. The van der Waals surface area contributed by atoms with Gasteiger partial charge in [-0.3, -0.25) is 14.6 Å². The lowest BCUT2D eigenvalue weighted by atomic mass is 9.90. The third-order valence-electron chi connectivity index (χ3n) is 4.15. The summed E-state index contributed by atoms with van der Waals surface area (Å²) in [7, 11) is 0. The van der Waals surface area contributed by atoms with Crippen LogP contribution in [0.1, 0.15) is 23.8 Å². The van der Waals surface area contributed by atoms with Gasteiger partial charge in [-0.1, -0.05) is 24.3 Å². The van der Waals surface area contributed by atoms with Crippen LogP contribution in [-0.2, 0) is 4.79 Å². The Morgan fingerprint density at radius 3 is 2.76 bits per heavy atom. The number of carbonyl (C=O) groups excluding carboxylic acids is 1. The molecule has 1 N–H and O–H groups in total. The van der Waals surface area contributed by atoms with E-state index in [2.05, 4.69) is 4.98 Å². The number of carbonyl (C=O) groups is 2. The zero-order chi connectivity index (χ0) is 15.0. The average molecular weight is 284 g/mol. The van der Waals surface area contributed by atoms with E-state index in [1.165, 1.54) is 0 Å². The van der Waals surface area contributed by atoms with Gasteiger partial charge in [0, 0.05) is 24.7 Å². The molecule has 1 aromatic carbocycles. The lowest BCUT2D eigenvalue weighted by Gasteiger charge is -2.20. The summed E-state index contributed by atoms with van der Waals surface area (Å²) in [4.78, 5) is 29.7. The molecule has 1 amide bonds. The summed E-state index contributed by atoms with van der Waals surface area (Å²) >= 11 is 0. The van der Waals surface area contributed by atoms with Gasteiger partial charge in [-0.25, -0.2) is 0 Å². The highest BCUT2D eigenvalue weighted by molar-refractivity contribution is 6.05. The molecule has 1 saturated heterocycles. The number of benzene rings is 1. The molecule has 0 saturated carbocycles. The summed E-state index contributed by atoms with van der Waals surface area (Å²) in [6.07, 6.45) is 2.08. The molecule has 0 spiro atoms. The maximum atomic E-state index is 12.6. The molecule has 21 heavy (non-hydrogen) atoms. The predicted molar refractivity (Wildman–Crippen MR) is 78.0 cm³/mol. The fourth-order valence-electron chi connectivity index (χ4n) is 2.75. The Kier molecular flexibility index (Phi) is 3.12. The van der Waals surface area contributed by atoms with E-state index in [-0.39, 0.29) is 12.5 Å². The zero-order valence-corrected chi connectivity index (χ0v) is 11.7. The van der Waals surface area contributed by atoms with Crippen molar-refractivity contribution in [2.75, 3.05) is 13.1 Å². The smallest absolute Gasteiger partial charge is 0.311 e. The molecular formula is C16H16N2O3. The number of carboxylic acids is 1. The lowest BCUT2D eigenvalue weighted by Crippen LogP contribution is -2.35. The van der Waals surface area contributed by atoms with E-state index in [1.54, 1.807) is 18.0 Å². The first kappa shape index (κ1) is 13.5. The maximum absolute atomic E-state index is 12.6. The second-order valence-electron chi connectivity index (χ2n) is 5.72. The highest BCUT2D eigenvalue weighted by Gasteiger charge is 2.42. The van der Waals surface area contributed by atoms with Crippen LogP contribution >= 0.6 is 0 Å². The number of pyridine rings is 1. The van der Waals surface area contributed by atoms with E-state index < -0.39 is 11.4 Å². The zero-order valence-electron chi connectivity index (χ0n) is 11.7. The Bertz CT molecular complexity index is 723. The van der Waals surface area contributed by atoms with E-state index in [9.17, 15) is 14.7 Å². The molecule has 2 heterocycles. The second-order valence-corrected chi connectivity index (χ2v) is 5.72. The molecule has 1 aliphatic heterocycles. The molecule has 1 atom stereocenters. The van der Waals surface area contributed by atoms with Crippen molar-refractivity contribution >= 4 is 22.6 Å². The number of rotatable bonds is 2. The van der Waals surface area contributed by atoms with Gasteiger partial charge in [-0.15, -0.1) is 0 Å². The van der Waals surface area contributed by atoms with Crippen LogP contribution in [-0.4, -0.2) is 40.0 Å². The van der Waals surface area contributed by atoms with Gasteiger partial charge in [0.25, 0.3) is 5.91 Å². The van der Waals surface area contributed by atoms with E-state index in [0.29, 0.717) is 18.7 Å². The van der Waals surface area contributed by atoms with Crippen molar-refractivity contribution in [3.05, 3.63) is 42.2 Å². The number of nitrogens with zero attached hydrogens (tertiary/aromatic N) is 2. The standard InChI is InChI=1S/C16H16N2O3/c1-16(15(20)21)7-9-18(10-16)14(19)13-12-5-3-2-4-11(12)6-8-17-13/h2-6,8H,7,9-10H2,1H3,(H,20,21)/t16-/m1/s1. The van der Waals surface area contributed by atoms with Crippen molar-refractivity contribution in [3.8, 4) is 0 Å². The normalized spacial score (nSPS) is 21.7. The van der Waals surface area contributed by atoms with E-state index in [1.807, 2.05) is 30.3 Å². The Hall–Kier alpha value is -2.43. The lowest BCUT2D eigenvalue weighted by molar-refractivity contribution is -0.147. The molecule has 0 unspecified atom stereocenters. The third-order valence-corrected chi connectivity index (χ3v) is 4.15. The van der Waals surface area contributed by atoms with Crippen molar-refractivity contribution in [2.24, 2.45) is 5.41 Å². The van der Waals surface area contributed by atoms with E-state index in [4.69, 9.17) is 0 Å². The minimum atomic E-state index is -0.861. The SMILES string of the molecule is C[C@@]1(C(=O)O)CCN(C(=O)c2nccc3ccccc23)C1. The molecule has 5 heteroatoms. The molecule has 1 aromatic heterocycles. The van der Waals surface area contributed by atoms with Crippen LogP contribution in [0.3, 0.4) is 0 Å². The fourth-order valence-corrected chi connectivity index (χ4v) is 2.75. The highest BCUT2D eigenvalue weighted by atomic mass is 16.4. The first-order valence-electron chi connectivity index (χ1n) is 6.88. The molecule has 5 nitrogen and oxygen atoms in total. The number of hydrogen-bond acceptors (Lipinski definition) is 3. The Labute approximate surface area is 122 Å². The summed E-state index contributed by atoms with van der Waals surface area (Å²) in [6, 6.07) is 9.43. The number of hydrogen-bond donors (Lipinski definition) is 1. The van der Waals surface area contributed by atoms with Crippen molar-refractivity contribution in [1.82, 2.24) is 9.88 Å². The number of carboxylic acid groups (broad SMARTS) is 1. The van der Waals surface area contributed by atoms with Crippen molar-refractivity contribution in [1.29, 1.82) is 0 Å². The number of aromatic nitrogens is 1. The van der Waals surface area contributed by atoms with E-state index >= 15 is 0 Å². The summed E-state index contributed by atoms with van der Waals surface area (Å²) in [6.45, 7) is 2.36. The van der Waals surface area contributed by atoms with Gasteiger partial charge in [-0.2, -0.15) is 0 Å². The van der Waals surface area contributed by atoms with E-state index in [0.717, 1.165) is 10.8 Å². The van der Waals surface area contributed by atoms with Crippen LogP contribution in [0, 0.1) is 5.41 Å². The van der Waals surface area contributed by atoms with Crippen LogP contribution in [0.15, 0.2) is 36.5 Å². The van der Waals surface area contributed by atoms with Gasteiger partial charge in [0.2, 0.25) is 0 Å². The molecule has 1 aliphatic rings. The first-order valence-corrected chi connectivity index (χ1v) is 6.88. The molecule has 0 aliphatic carbocycles. The van der Waals surface area contributed by atoms with Gasteiger partial charge in [0.1, 0.15) is 5.69 Å². The van der Waals surface area contributed by atoms with Gasteiger partial charge in [0.05, 0.1) is 5.41 Å². The Balaban J connectivity index is 1.94. The van der Waals surface area contributed by atoms with Gasteiger partial charge in [-0.05, 0) is 24.8 Å². The number of aliphatic carboxylic acids is 1.